The number of nitrogens with zero attached hydrogens (tertiary/aromatic N) is 4. The summed E-state index contributed by atoms with van der Waals surface area (Å²) in [6, 6.07) is 0.999. The van der Waals surface area contributed by atoms with Crippen molar-refractivity contribution in [3.05, 3.63) is 40.9 Å². The zero-order valence-corrected chi connectivity index (χ0v) is 9.78. The predicted octanol–water partition coefficient (Wildman–Crippen LogP) is 2.59. The third-order valence-corrected chi connectivity index (χ3v) is 2.57. The van der Waals surface area contributed by atoms with Crippen molar-refractivity contribution in [2.45, 2.75) is 19.1 Å². The lowest BCUT2D eigenvalue weighted by Gasteiger charge is -2.09. The van der Waals surface area contributed by atoms with Gasteiger partial charge in [0.05, 0.1) is 24.5 Å². The summed E-state index contributed by atoms with van der Waals surface area (Å²) in [4.78, 5) is 4.93. The van der Waals surface area contributed by atoms with Crippen LogP contribution in [-0.2, 0) is 19.1 Å². The van der Waals surface area contributed by atoms with E-state index in [1.807, 2.05) is 0 Å². The van der Waals surface area contributed by atoms with Crippen LogP contribution >= 0.6 is 11.6 Å². The smallest absolute Gasteiger partial charge is 0.244 e. The molecule has 0 aliphatic carbocycles. The summed E-state index contributed by atoms with van der Waals surface area (Å²) in [5, 5.41) is 7.18. The maximum Gasteiger partial charge on any atom is 0.419 e. The first kappa shape index (κ1) is 12.8. The number of rotatable bonds is 3. The van der Waals surface area contributed by atoms with Crippen LogP contribution in [-0.4, -0.2) is 20.0 Å². The van der Waals surface area contributed by atoms with Crippen LogP contribution in [0.5, 0.6) is 0 Å². The second-order valence-corrected chi connectivity index (χ2v) is 3.91. The largest absolute Gasteiger partial charge is 0.419 e. The van der Waals surface area contributed by atoms with Gasteiger partial charge >= 0.3 is 6.18 Å². The molecule has 96 valence electrons. The van der Waals surface area contributed by atoms with Gasteiger partial charge in [0.15, 0.2) is 0 Å². The summed E-state index contributed by atoms with van der Waals surface area (Å²) in [6.45, 7) is 0.383. The summed E-state index contributed by atoms with van der Waals surface area (Å²) in [5.41, 5.74) is -0.487. The Morgan fingerprint density at radius 3 is 2.50 bits per heavy atom. The molecule has 0 bridgehead atoms. The van der Waals surface area contributed by atoms with Crippen LogP contribution in [0.2, 0.25) is 5.15 Å². The average molecular weight is 277 g/mol. The fraction of sp³-hybridized carbons (Fsp3) is 0.300. The molecule has 2 aromatic rings. The first-order valence-corrected chi connectivity index (χ1v) is 5.40. The van der Waals surface area contributed by atoms with Gasteiger partial charge in [-0.2, -0.15) is 28.2 Å². The molecule has 0 saturated heterocycles. The van der Waals surface area contributed by atoms with E-state index in [1.54, 1.807) is 0 Å². The lowest BCUT2D eigenvalue weighted by molar-refractivity contribution is -0.137. The number of hydrogen-bond acceptors (Lipinski definition) is 3. The Morgan fingerprint density at radius 1 is 1.22 bits per heavy atom. The Labute approximate surface area is 105 Å². The summed E-state index contributed by atoms with van der Waals surface area (Å²) in [5.74, 6) is 0. The summed E-state index contributed by atoms with van der Waals surface area (Å²) in [6.07, 6.45) is 0.176. The molecule has 2 heterocycles. The Balaban J connectivity index is 2.15. The average Bonchev–Trinajstić information content (AvgIpc) is 2.79. The molecule has 0 aliphatic heterocycles. The van der Waals surface area contributed by atoms with E-state index in [4.69, 9.17) is 11.6 Å². The summed E-state index contributed by atoms with van der Waals surface area (Å²) < 4.78 is 37.8. The highest BCUT2D eigenvalue weighted by atomic mass is 35.5. The van der Waals surface area contributed by atoms with E-state index >= 15 is 0 Å². The number of aryl methyl sites for hydroxylation is 2. The van der Waals surface area contributed by atoms with Gasteiger partial charge in [-0.25, -0.2) is 4.98 Å². The highest BCUT2D eigenvalue weighted by molar-refractivity contribution is 6.30. The molecule has 0 unspecified atom stereocenters. The van der Waals surface area contributed by atoms with Crippen molar-refractivity contribution in [1.82, 2.24) is 20.0 Å². The van der Waals surface area contributed by atoms with Gasteiger partial charge in [-0.3, -0.25) is 0 Å². The Bertz CT molecular complexity index is 524. The number of aromatic nitrogens is 4. The zero-order valence-electron chi connectivity index (χ0n) is 9.02. The Kier molecular flexibility index (Phi) is 3.51. The highest BCUT2D eigenvalue weighted by Crippen LogP contribution is 2.33. The Hall–Kier alpha value is -1.63. The minimum absolute atomic E-state index is 0.349. The van der Waals surface area contributed by atoms with Crippen LogP contribution in [0.3, 0.4) is 0 Å². The van der Waals surface area contributed by atoms with Crippen molar-refractivity contribution >= 4 is 11.6 Å². The number of pyridine rings is 1. The van der Waals surface area contributed by atoms with E-state index in [2.05, 4.69) is 15.2 Å². The van der Waals surface area contributed by atoms with Gasteiger partial charge in [-0.05, 0) is 18.1 Å². The van der Waals surface area contributed by atoms with Gasteiger partial charge in [0.2, 0.25) is 0 Å². The molecule has 0 aromatic carbocycles. The first-order valence-electron chi connectivity index (χ1n) is 5.02. The van der Waals surface area contributed by atoms with Gasteiger partial charge in [0.25, 0.3) is 0 Å². The lowest BCUT2D eigenvalue weighted by Crippen LogP contribution is -2.09. The molecule has 0 atom stereocenters. The van der Waals surface area contributed by atoms with Gasteiger partial charge in [-0.1, -0.05) is 11.6 Å². The molecule has 8 heteroatoms. The zero-order chi connectivity index (χ0) is 13.2. The number of hydrogen-bond donors (Lipinski definition) is 0. The fourth-order valence-electron chi connectivity index (χ4n) is 1.41. The molecule has 0 spiro atoms. The molecule has 2 rings (SSSR count). The van der Waals surface area contributed by atoms with Gasteiger partial charge in [0.1, 0.15) is 5.15 Å². The lowest BCUT2D eigenvalue weighted by atomic mass is 10.1. The van der Waals surface area contributed by atoms with E-state index in [1.165, 1.54) is 23.4 Å². The maximum absolute atomic E-state index is 12.6. The second-order valence-electron chi connectivity index (χ2n) is 3.55. The van der Waals surface area contributed by atoms with Crippen molar-refractivity contribution in [2.75, 3.05) is 0 Å². The van der Waals surface area contributed by atoms with Crippen LogP contribution < -0.4 is 0 Å². The van der Waals surface area contributed by atoms with Crippen LogP contribution in [0.1, 0.15) is 11.1 Å². The van der Waals surface area contributed by atoms with Crippen molar-refractivity contribution in [3.63, 3.8) is 0 Å². The van der Waals surface area contributed by atoms with Crippen molar-refractivity contribution in [1.29, 1.82) is 0 Å². The van der Waals surface area contributed by atoms with Crippen molar-refractivity contribution in [2.24, 2.45) is 0 Å². The second kappa shape index (κ2) is 4.93. The third-order valence-electron chi connectivity index (χ3n) is 2.27. The van der Waals surface area contributed by atoms with E-state index in [-0.39, 0.29) is 0 Å². The van der Waals surface area contributed by atoms with E-state index in [0.717, 1.165) is 6.07 Å². The molecule has 0 radical (unpaired) electrons. The standard InChI is InChI=1S/C10H8ClF3N4/c11-9-8(10(12,13)14)5-7(6-15-9)1-4-18-16-2-3-17-18/h2-3,5-6H,1,4H2. The van der Waals surface area contributed by atoms with Gasteiger partial charge in [0, 0.05) is 6.20 Å². The first-order chi connectivity index (χ1) is 8.47. The van der Waals surface area contributed by atoms with Gasteiger partial charge in [-0.15, -0.1) is 0 Å². The van der Waals surface area contributed by atoms with E-state index in [0.29, 0.717) is 18.5 Å². The van der Waals surface area contributed by atoms with Crippen molar-refractivity contribution < 1.29 is 13.2 Å². The van der Waals surface area contributed by atoms with Crippen LogP contribution in [0, 0.1) is 0 Å². The normalized spacial score (nSPS) is 11.8. The van der Waals surface area contributed by atoms with Crippen LogP contribution in [0.15, 0.2) is 24.7 Å². The number of alkyl halides is 3. The quantitative estimate of drug-likeness (QED) is 0.809. The van der Waals surface area contributed by atoms with Crippen LogP contribution in [0.25, 0.3) is 0 Å². The molecule has 2 aromatic heterocycles. The van der Waals surface area contributed by atoms with Gasteiger partial charge < -0.3 is 0 Å². The predicted molar refractivity (Wildman–Crippen MR) is 58.0 cm³/mol. The molecule has 18 heavy (non-hydrogen) atoms. The summed E-state index contributed by atoms with van der Waals surface area (Å²) in [7, 11) is 0. The SMILES string of the molecule is FC(F)(F)c1cc(CCn2nccn2)cnc1Cl. The molecule has 0 aliphatic rings. The molecule has 0 amide bonds. The Morgan fingerprint density at radius 2 is 1.89 bits per heavy atom. The molecule has 0 fully saturated rings. The van der Waals surface area contributed by atoms with Crippen LogP contribution in [0.4, 0.5) is 13.2 Å². The number of halogens is 4. The molecule has 0 saturated carbocycles. The highest BCUT2D eigenvalue weighted by Gasteiger charge is 2.34. The monoisotopic (exact) mass is 276 g/mol. The molecule has 0 N–H and O–H groups in total. The molecule has 4 nitrogen and oxygen atoms in total. The van der Waals surface area contributed by atoms with Crippen molar-refractivity contribution in [3.8, 4) is 0 Å². The third kappa shape index (κ3) is 2.98. The maximum atomic E-state index is 12.6. The van der Waals surface area contributed by atoms with E-state index in [9.17, 15) is 13.2 Å². The minimum Gasteiger partial charge on any atom is -0.244 e. The molecular weight excluding hydrogens is 269 g/mol. The molecular formula is C10H8ClF3N4. The van der Waals surface area contributed by atoms with E-state index < -0.39 is 16.9 Å². The fourth-order valence-corrected chi connectivity index (χ4v) is 1.63. The summed E-state index contributed by atoms with van der Waals surface area (Å²) >= 11 is 5.42. The minimum atomic E-state index is -4.50. The topological polar surface area (TPSA) is 43.6 Å².